The van der Waals surface area contributed by atoms with Crippen molar-refractivity contribution < 1.29 is 4.74 Å². The first kappa shape index (κ1) is 11.3. The molecule has 0 aliphatic carbocycles. The van der Waals surface area contributed by atoms with E-state index in [9.17, 15) is 0 Å². The summed E-state index contributed by atoms with van der Waals surface area (Å²) in [6.07, 6.45) is 1.07. The molecule has 1 heterocycles. The lowest BCUT2D eigenvalue weighted by Crippen LogP contribution is -2.47. The van der Waals surface area contributed by atoms with Gasteiger partial charge in [-0.1, -0.05) is 26.8 Å². The number of ether oxygens (including phenoxy) is 1. The molecule has 2 rings (SSSR count). The van der Waals surface area contributed by atoms with E-state index < -0.39 is 0 Å². The van der Waals surface area contributed by atoms with Crippen LogP contribution < -0.4 is 10.1 Å². The Bertz CT molecular complexity index is 386. The van der Waals surface area contributed by atoms with E-state index in [2.05, 4.69) is 51.2 Å². The normalized spacial score (nSPS) is 23.6. The first-order valence-corrected chi connectivity index (χ1v) is 6.11. The average molecular weight is 219 g/mol. The molecule has 88 valence electrons. The van der Waals surface area contributed by atoms with Crippen molar-refractivity contribution in [1.82, 2.24) is 0 Å². The maximum Gasteiger partial charge on any atom is 0.143 e. The first-order chi connectivity index (χ1) is 7.55. The molecule has 1 unspecified atom stereocenters. The molecule has 2 nitrogen and oxygen atoms in total. The zero-order chi connectivity index (χ0) is 11.8. The summed E-state index contributed by atoms with van der Waals surface area (Å²) in [6.45, 7) is 9.62. The van der Waals surface area contributed by atoms with Crippen molar-refractivity contribution in [3.63, 3.8) is 0 Å². The molecule has 1 aromatic rings. The second-order valence-corrected chi connectivity index (χ2v) is 5.11. The number of hydrogen-bond acceptors (Lipinski definition) is 2. The molecule has 0 saturated carbocycles. The Hall–Kier alpha value is -1.18. The fraction of sp³-hybridized carbons (Fsp3) is 0.571. The highest BCUT2D eigenvalue weighted by Crippen LogP contribution is 2.36. The highest BCUT2D eigenvalue weighted by atomic mass is 16.5. The van der Waals surface area contributed by atoms with Gasteiger partial charge in [-0.2, -0.15) is 0 Å². The molecule has 0 spiro atoms. The number of hydrogen-bond donors (Lipinski definition) is 1. The smallest absolute Gasteiger partial charge is 0.143 e. The molecule has 1 aromatic carbocycles. The number of rotatable bonds is 2. The Morgan fingerprint density at radius 3 is 2.81 bits per heavy atom. The van der Waals surface area contributed by atoms with E-state index >= 15 is 0 Å². The second kappa shape index (κ2) is 4.00. The molecule has 0 fully saturated rings. The van der Waals surface area contributed by atoms with E-state index in [4.69, 9.17) is 4.74 Å². The van der Waals surface area contributed by atoms with Gasteiger partial charge in [0.15, 0.2) is 0 Å². The van der Waals surface area contributed by atoms with Gasteiger partial charge < -0.3 is 10.1 Å². The molecule has 16 heavy (non-hydrogen) atoms. The van der Waals surface area contributed by atoms with E-state index in [1.54, 1.807) is 0 Å². The molecule has 0 amide bonds. The monoisotopic (exact) mass is 219 g/mol. The van der Waals surface area contributed by atoms with Gasteiger partial charge in [0, 0.05) is 0 Å². The minimum atomic E-state index is -0.0965. The third-order valence-corrected chi connectivity index (χ3v) is 3.65. The van der Waals surface area contributed by atoms with Crippen LogP contribution in [0.3, 0.4) is 0 Å². The van der Waals surface area contributed by atoms with Gasteiger partial charge in [-0.15, -0.1) is 0 Å². The summed E-state index contributed by atoms with van der Waals surface area (Å²) in [6, 6.07) is 6.42. The van der Waals surface area contributed by atoms with Gasteiger partial charge in [0.05, 0.1) is 12.2 Å². The van der Waals surface area contributed by atoms with Crippen LogP contribution in [-0.4, -0.2) is 12.1 Å². The number of benzene rings is 1. The number of fused-ring (bicyclic) bond motifs is 1. The van der Waals surface area contributed by atoms with Crippen LogP contribution in [0.5, 0.6) is 5.75 Å². The van der Waals surface area contributed by atoms with Crippen molar-refractivity contribution in [3.8, 4) is 5.75 Å². The lowest BCUT2D eigenvalue weighted by atomic mass is 9.90. The molecule has 0 saturated heterocycles. The number of anilines is 1. The van der Waals surface area contributed by atoms with Gasteiger partial charge in [-0.25, -0.2) is 0 Å². The summed E-state index contributed by atoms with van der Waals surface area (Å²) in [5, 5.41) is 3.48. The van der Waals surface area contributed by atoms with Crippen molar-refractivity contribution in [3.05, 3.63) is 23.8 Å². The SMILES string of the molecule is CCc1ccc2c(c1)NCC(C)(C(C)C)O2. The maximum atomic E-state index is 6.12. The number of aryl methyl sites for hydroxylation is 1. The standard InChI is InChI=1S/C14H21NO/c1-5-11-6-7-13-12(8-11)15-9-14(4,16-13)10(2)3/h6-8,10,15H,5,9H2,1-4H3. The Morgan fingerprint density at radius 1 is 1.44 bits per heavy atom. The topological polar surface area (TPSA) is 21.3 Å². The predicted molar refractivity (Wildman–Crippen MR) is 68.2 cm³/mol. The minimum absolute atomic E-state index is 0.0965. The zero-order valence-electron chi connectivity index (χ0n) is 10.6. The second-order valence-electron chi connectivity index (χ2n) is 5.11. The first-order valence-electron chi connectivity index (χ1n) is 6.11. The van der Waals surface area contributed by atoms with Crippen molar-refractivity contribution in [2.45, 2.75) is 39.7 Å². The zero-order valence-corrected chi connectivity index (χ0v) is 10.6. The van der Waals surface area contributed by atoms with E-state index in [0.29, 0.717) is 5.92 Å². The Labute approximate surface area is 98.0 Å². The molecule has 1 aliphatic rings. The largest absolute Gasteiger partial charge is 0.483 e. The Morgan fingerprint density at radius 2 is 2.19 bits per heavy atom. The van der Waals surface area contributed by atoms with Crippen LogP contribution in [0.2, 0.25) is 0 Å². The molecule has 0 radical (unpaired) electrons. The predicted octanol–water partition coefficient (Wildman–Crippen LogP) is 3.47. The maximum absolute atomic E-state index is 6.12. The molecular weight excluding hydrogens is 198 g/mol. The van der Waals surface area contributed by atoms with Gasteiger partial charge in [-0.05, 0) is 37.0 Å². The highest BCUT2D eigenvalue weighted by molar-refractivity contribution is 5.60. The van der Waals surface area contributed by atoms with E-state index in [-0.39, 0.29) is 5.60 Å². The average Bonchev–Trinajstić information content (AvgIpc) is 2.28. The summed E-state index contributed by atoms with van der Waals surface area (Å²) >= 11 is 0. The lowest BCUT2D eigenvalue weighted by molar-refractivity contribution is 0.0475. The van der Waals surface area contributed by atoms with Crippen molar-refractivity contribution in [2.24, 2.45) is 5.92 Å². The van der Waals surface area contributed by atoms with E-state index in [0.717, 1.165) is 24.4 Å². The minimum Gasteiger partial charge on any atom is -0.483 e. The fourth-order valence-corrected chi connectivity index (χ4v) is 1.90. The van der Waals surface area contributed by atoms with Crippen molar-refractivity contribution in [2.75, 3.05) is 11.9 Å². The summed E-state index contributed by atoms with van der Waals surface area (Å²) in [5.74, 6) is 1.48. The van der Waals surface area contributed by atoms with E-state index in [1.807, 2.05) is 0 Å². The molecule has 0 aromatic heterocycles. The van der Waals surface area contributed by atoms with Gasteiger partial charge >= 0.3 is 0 Å². The summed E-state index contributed by atoms with van der Waals surface area (Å²) in [7, 11) is 0. The van der Waals surface area contributed by atoms with Crippen LogP contribution in [0.25, 0.3) is 0 Å². The third-order valence-electron chi connectivity index (χ3n) is 3.65. The summed E-state index contributed by atoms with van der Waals surface area (Å²) in [5.41, 5.74) is 2.39. The van der Waals surface area contributed by atoms with Crippen LogP contribution in [-0.2, 0) is 6.42 Å². The van der Waals surface area contributed by atoms with Crippen molar-refractivity contribution in [1.29, 1.82) is 0 Å². The van der Waals surface area contributed by atoms with Gasteiger partial charge in [-0.3, -0.25) is 0 Å². The van der Waals surface area contributed by atoms with Crippen LogP contribution in [0.15, 0.2) is 18.2 Å². The van der Waals surface area contributed by atoms with Crippen LogP contribution >= 0.6 is 0 Å². The molecule has 1 N–H and O–H groups in total. The summed E-state index contributed by atoms with van der Waals surface area (Å²) in [4.78, 5) is 0. The Balaban J connectivity index is 2.28. The van der Waals surface area contributed by atoms with Gasteiger partial charge in [0.2, 0.25) is 0 Å². The van der Waals surface area contributed by atoms with Crippen molar-refractivity contribution >= 4 is 5.69 Å². The van der Waals surface area contributed by atoms with Crippen LogP contribution in [0.1, 0.15) is 33.3 Å². The molecule has 0 bridgehead atoms. The Kier molecular flexibility index (Phi) is 2.83. The van der Waals surface area contributed by atoms with Crippen LogP contribution in [0.4, 0.5) is 5.69 Å². The van der Waals surface area contributed by atoms with Gasteiger partial charge in [0.1, 0.15) is 11.4 Å². The van der Waals surface area contributed by atoms with E-state index in [1.165, 1.54) is 5.56 Å². The molecule has 2 heteroatoms. The van der Waals surface area contributed by atoms with Gasteiger partial charge in [0.25, 0.3) is 0 Å². The molecule has 1 atom stereocenters. The molecular formula is C14H21NO. The quantitative estimate of drug-likeness (QED) is 0.822. The highest BCUT2D eigenvalue weighted by Gasteiger charge is 2.34. The number of nitrogens with one attached hydrogen (secondary N) is 1. The molecule has 1 aliphatic heterocycles. The van der Waals surface area contributed by atoms with Crippen LogP contribution in [0, 0.1) is 5.92 Å². The lowest BCUT2D eigenvalue weighted by Gasteiger charge is -2.39. The third kappa shape index (κ3) is 1.89. The summed E-state index contributed by atoms with van der Waals surface area (Å²) < 4.78 is 6.12. The fourth-order valence-electron chi connectivity index (χ4n) is 1.90.